The molecule has 0 saturated carbocycles. The van der Waals surface area contributed by atoms with Crippen molar-refractivity contribution in [2.45, 2.75) is 6.54 Å². The largest absolute Gasteiger partial charge is 0.273 e. The maximum atomic E-state index is 5.87. The zero-order valence-corrected chi connectivity index (χ0v) is 8.43. The first kappa shape index (κ1) is 7.49. The number of nitrogens with zero attached hydrogens (tertiary/aromatic N) is 2. The van der Waals surface area contributed by atoms with Crippen molar-refractivity contribution < 1.29 is 0 Å². The number of halogens is 2. The summed E-state index contributed by atoms with van der Waals surface area (Å²) in [6.07, 6.45) is 1.71. The van der Waals surface area contributed by atoms with E-state index < -0.39 is 0 Å². The van der Waals surface area contributed by atoms with Crippen LogP contribution in [0, 0.1) is 0 Å². The van der Waals surface area contributed by atoms with Crippen molar-refractivity contribution >= 4 is 37.9 Å². The Morgan fingerprint density at radius 1 is 1.55 bits per heavy atom. The minimum Gasteiger partial charge on any atom is -0.273 e. The van der Waals surface area contributed by atoms with Gasteiger partial charge in [-0.15, -0.1) is 0 Å². The number of pyridine rings is 1. The molecule has 1 aromatic heterocycles. The van der Waals surface area contributed by atoms with E-state index in [0.29, 0.717) is 5.15 Å². The van der Waals surface area contributed by atoms with E-state index in [9.17, 15) is 0 Å². The highest BCUT2D eigenvalue weighted by atomic mass is 127. The van der Waals surface area contributed by atoms with Crippen LogP contribution in [0.3, 0.4) is 0 Å². The summed E-state index contributed by atoms with van der Waals surface area (Å²) in [6.45, 7) is 0.746. The molecular formula is C7H4ClIN2. The lowest BCUT2D eigenvalue weighted by Crippen LogP contribution is -1.91. The number of rotatable bonds is 0. The molecule has 0 fully saturated rings. The van der Waals surface area contributed by atoms with Gasteiger partial charge in [0.25, 0.3) is 0 Å². The lowest BCUT2D eigenvalue weighted by molar-refractivity contribution is 1.10. The van der Waals surface area contributed by atoms with E-state index in [1.165, 1.54) is 5.56 Å². The summed E-state index contributed by atoms with van der Waals surface area (Å²) in [6, 6.07) is 1.95. The Kier molecular flexibility index (Phi) is 1.85. The molecule has 0 bridgehead atoms. The summed E-state index contributed by atoms with van der Waals surface area (Å²) in [5.41, 5.74) is 2.18. The Bertz CT molecular complexity index is 335. The zero-order valence-electron chi connectivity index (χ0n) is 5.51. The zero-order chi connectivity index (χ0) is 7.84. The van der Waals surface area contributed by atoms with Gasteiger partial charge in [-0.2, -0.15) is 0 Å². The molecule has 1 aliphatic rings. The molecule has 2 heterocycles. The first-order valence-corrected chi connectivity index (χ1v) is 4.58. The third kappa shape index (κ3) is 1.16. The first-order valence-electron chi connectivity index (χ1n) is 3.13. The Hall–Kier alpha value is -0.160. The molecule has 11 heavy (non-hydrogen) atoms. The fourth-order valence-electron chi connectivity index (χ4n) is 1.06. The third-order valence-electron chi connectivity index (χ3n) is 1.59. The van der Waals surface area contributed by atoms with Crippen LogP contribution >= 0.6 is 34.2 Å². The van der Waals surface area contributed by atoms with Crippen molar-refractivity contribution in [1.82, 2.24) is 4.98 Å². The van der Waals surface area contributed by atoms with Gasteiger partial charge >= 0.3 is 0 Å². The molecule has 0 amide bonds. The second-order valence-corrected chi connectivity index (χ2v) is 3.62. The Morgan fingerprint density at radius 3 is 3.09 bits per heavy atom. The summed E-state index contributed by atoms with van der Waals surface area (Å²) < 4.78 is 0.968. The second-order valence-electron chi connectivity index (χ2n) is 2.24. The van der Waals surface area contributed by atoms with Crippen LogP contribution in [0.5, 0.6) is 0 Å². The molecule has 0 spiro atoms. The van der Waals surface area contributed by atoms with E-state index in [1.807, 2.05) is 6.07 Å². The highest BCUT2D eigenvalue weighted by Gasteiger charge is 2.16. The van der Waals surface area contributed by atoms with Gasteiger partial charge in [0.15, 0.2) is 0 Å². The highest BCUT2D eigenvalue weighted by Crippen LogP contribution is 2.26. The molecule has 0 radical (unpaired) electrons. The summed E-state index contributed by atoms with van der Waals surface area (Å²) in [4.78, 5) is 8.22. The summed E-state index contributed by atoms with van der Waals surface area (Å²) in [7, 11) is 0. The minimum atomic E-state index is 0.563. The summed E-state index contributed by atoms with van der Waals surface area (Å²) >= 11 is 8.04. The molecule has 1 aliphatic heterocycles. The third-order valence-corrected chi connectivity index (χ3v) is 2.75. The van der Waals surface area contributed by atoms with E-state index in [-0.39, 0.29) is 0 Å². The first-order chi connectivity index (χ1) is 5.29. The van der Waals surface area contributed by atoms with E-state index in [2.05, 4.69) is 32.6 Å². The molecule has 56 valence electrons. The number of hydrogen-bond acceptors (Lipinski definition) is 2. The number of fused-ring (bicyclic) bond motifs is 1. The quantitative estimate of drug-likeness (QED) is 0.528. The van der Waals surface area contributed by atoms with Crippen LogP contribution in [0.4, 0.5) is 0 Å². The molecule has 2 rings (SSSR count). The van der Waals surface area contributed by atoms with Crippen molar-refractivity contribution in [3.8, 4) is 0 Å². The predicted molar refractivity (Wildman–Crippen MR) is 53.5 cm³/mol. The molecule has 0 saturated heterocycles. The van der Waals surface area contributed by atoms with Crippen LogP contribution < -0.4 is 0 Å². The van der Waals surface area contributed by atoms with E-state index in [1.54, 1.807) is 6.20 Å². The van der Waals surface area contributed by atoms with Crippen molar-refractivity contribution in [2.24, 2.45) is 4.99 Å². The van der Waals surface area contributed by atoms with Crippen molar-refractivity contribution in [2.75, 3.05) is 0 Å². The van der Waals surface area contributed by atoms with Crippen molar-refractivity contribution in [1.29, 1.82) is 0 Å². The molecule has 0 unspecified atom stereocenters. The van der Waals surface area contributed by atoms with Crippen LogP contribution in [-0.2, 0) is 6.54 Å². The molecule has 0 atom stereocenters. The Balaban J connectivity index is 2.67. The maximum Gasteiger partial charge on any atom is 0.139 e. The van der Waals surface area contributed by atoms with Gasteiger partial charge in [-0.3, -0.25) is 4.99 Å². The summed E-state index contributed by atoms with van der Waals surface area (Å²) in [5.74, 6) is 0. The lowest BCUT2D eigenvalue weighted by atomic mass is 10.2. The Labute approximate surface area is 82.8 Å². The number of aromatic nitrogens is 1. The van der Waals surface area contributed by atoms with Gasteiger partial charge in [0.1, 0.15) is 8.87 Å². The molecule has 0 aromatic carbocycles. The molecule has 1 aromatic rings. The predicted octanol–water partition coefficient (Wildman–Crippen LogP) is 2.43. The van der Waals surface area contributed by atoms with Crippen molar-refractivity contribution in [3.63, 3.8) is 0 Å². The van der Waals surface area contributed by atoms with Crippen LogP contribution in [0.25, 0.3) is 0 Å². The van der Waals surface area contributed by atoms with Gasteiger partial charge < -0.3 is 0 Å². The van der Waals surface area contributed by atoms with E-state index >= 15 is 0 Å². The molecular weight excluding hydrogens is 274 g/mol. The van der Waals surface area contributed by atoms with E-state index in [0.717, 1.165) is 15.8 Å². The van der Waals surface area contributed by atoms with Gasteiger partial charge in [0.2, 0.25) is 0 Å². The van der Waals surface area contributed by atoms with Crippen LogP contribution in [0.2, 0.25) is 5.15 Å². The van der Waals surface area contributed by atoms with Crippen LogP contribution in [-0.4, -0.2) is 8.70 Å². The standard InChI is InChI=1S/C7H4ClIN2/c8-6-5-4(1-2-10-6)3-11-7(5)9/h1-2H,3H2. The minimum absolute atomic E-state index is 0.563. The fraction of sp³-hybridized carbons (Fsp3) is 0.143. The number of aliphatic imine (C=N–C) groups is 1. The summed E-state index contributed by atoms with van der Waals surface area (Å²) in [5, 5.41) is 0.563. The molecule has 0 aliphatic carbocycles. The molecule has 4 heteroatoms. The van der Waals surface area contributed by atoms with Gasteiger partial charge in [0, 0.05) is 11.8 Å². The SMILES string of the molecule is Clc1nccc2c1C(I)=NC2. The highest BCUT2D eigenvalue weighted by molar-refractivity contribution is 14.1. The molecule has 2 nitrogen and oxygen atoms in total. The lowest BCUT2D eigenvalue weighted by Gasteiger charge is -1.98. The second kappa shape index (κ2) is 2.71. The van der Waals surface area contributed by atoms with Gasteiger partial charge in [-0.1, -0.05) is 11.6 Å². The topological polar surface area (TPSA) is 25.2 Å². The van der Waals surface area contributed by atoms with Gasteiger partial charge in [-0.25, -0.2) is 4.98 Å². The van der Waals surface area contributed by atoms with Gasteiger partial charge in [-0.05, 0) is 34.2 Å². The average molecular weight is 278 g/mol. The Morgan fingerprint density at radius 2 is 2.36 bits per heavy atom. The average Bonchev–Trinajstić information content (AvgIpc) is 2.34. The maximum absolute atomic E-state index is 5.87. The van der Waals surface area contributed by atoms with Crippen LogP contribution in [0.15, 0.2) is 17.3 Å². The fourth-order valence-corrected chi connectivity index (χ4v) is 2.26. The van der Waals surface area contributed by atoms with E-state index in [4.69, 9.17) is 11.6 Å². The van der Waals surface area contributed by atoms with Gasteiger partial charge in [0.05, 0.1) is 6.54 Å². The monoisotopic (exact) mass is 278 g/mol. The van der Waals surface area contributed by atoms with Crippen LogP contribution in [0.1, 0.15) is 11.1 Å². The molecule has 0 N–H and O–H groups in total. The van der Waals surface area contributed by atoms with Crippen molar-refractivity contribution in [3.05, 3.63) is 28.5 Å². The smallest absolute Gasteiger partial charge is 0.139 e. The number of hydrogen-bond donors (Lipinski definition) is 0. The normalized spacial score (nSPS) is 14.5.